The summed E-state index contributed by atoms with van der Waals surface area (Å²) >= 11 is 0. The predicted molar refractivity (Wildman–Crippen MR) is 109 cm³/mol. The van der Waals surface area contributed by atoms with Crippen LogP contribution in [0.5, 0.6) is 0 Å². The lowest BCUT2D eigenvalue weighted by molar-refractivity contribution is -0.126. The van der Waals surface area contributed by atoms with Gasteiger partial charge in [-0.25, -0.2) is 8.42 Å². The Balaban J connectivity index is 1.99. The quantitative estimate of drug-likeness (QED) is 0.675. The van der Waals surface area contributed by atoms with E-state index in [1.165, 1.54) is 6.08 Å². The summed E-state index contributed by atoms with van der Waals surface area (Å²) in [7, 11) is -3.48. The molecule has 1 aliphatic heterocycles. The summed E-state index contributed by atoms with van der Waals surface area (Å²) < 4.78 is 27.1. The highest BCUT2D eigenvalue weighted by atomic mass is 32.2. The molecule has 0 saturated carbocycles. The molecule has 0 unspecified atom stereocenters. The van der Waals surface area contributed by atoms with Gasteiger partial charge in [0.05, 0.1) is 4.90 Å². The molecule has 0 spiro atoms. The SMILES string of the molecule is CCNC(=O)[C@@H](C)NC(=O)/C=C/c1ccc(S(=O)(=O)N2CCCCCC2)cc1. The van der Waals surface area contributed by atoms with Gasteiger partial charge >= 0.3 is 0 Å². The number of benzene rings is 1. The standard InChI is InChI=1S/C20H29N3O4S/c1-3-21-20(25)16(2)22-19(24)13-10-17-8-11-18(12-9-17)28(26,27)23-14-6-4-5-7-15-23/h8-13,16H,3-7,14-15H2,1-2H3,(H,21,25)(H,22,24)/b13-10+/t16-/m1/s1. The molecule has 1 atom stereocenters. The Morgan fingerprint density at radius 1 is 1.11 bits per heavy atom. The van der Waals surface area contributed by atoms with E-state index >= 15 is 0 Å². The summed E-state index contributed by atoms with van der Waals surface area (Å²) in [5.74, 6) is -0.632. The number of hydrogen-bond donors (Lipinski definition) is 2. The maximum atomic E-state index is 12.8. The molecule has 0 aliphatic carbocycles. The highest BCUT2D eigenvalue weighted by Crippen LogP contribution is 2.20. The number of likely N-dealkylation sites (N-methyl/N-ethyl adjacent to an activating group) is 1. The Hall–Kier alpha value is -2.19. The van der Waals surface area contributed by atoms with Crippen LogP contribution in [0.25, 0.3) is 6.08 Å². The molecule has 7 nitrogen and oxygen atoms in total. The summed E-state index contributed by atoms with van der Waals surface area (Å²) in [4.78, 5) is 23.8. The van der Waals surface area contributed by atoms with Crippen molar-refractivity contribution in [2.45, 2.75) is 50.5 Å². The van der Waals surface area contributed by atoms with E-state index < -0.39 is 16.1 Å². The Morgan fingerprint density at radius 3 is 2.29 bits per heavy atom. The van der Waals surface area contributed by atoms with Gasteiger partial charge in [-0.2, -0.15) is 4.31 Å². The Morgan fingerprint density at radius 2 is 1.71 bits per heavy atom. The molecule has 2 rings (SSSR count). The molecule has 8 heteroatoms. The van der Waals surface area contributed by atoms with Gasteiger partial charge < -0.3 is 10.6 Å². The van der Waals surface area contributed by atoms with Gasteiger partial charge in [0, 0.05) is 25.7 Å². The van der Waals surface area contributed by atoms with Crippen LogP contribution in [0.3, 0.4) is 0 Å². The normalized spacial score (nSPS) is 17.1. The first-order chi connectivity index (χ1) is 13.3. The number of rotatable bonds is 7. The Bertz CT molecular complexity index is 795. The van der Waals surface area contributed by atoms with Gasteiger partial charge in [0.25, 0.3) is 0 Å². The van der Waals surface area contributed by atoms with E-state index in [-0.39, 0.29) is 16.7 Å². The number of nitrogens with zero attached hydrogens (tertiary/aromatic N) is 1. The van der Waals surface area contributed by atoms with Gasteiger partial charge in [-0.3, -0.25) is 9.59 Å². The van der Waals surface area contributed by atoms with E-state index in [0.717, 1.165) is 25.7 Å². The van der Waals surface area contributed by atoms with E-state index in [4.69, 9.17) is 0 Å². The van der Waals surface area contributed by atoms with Gasteiger partial charge in [0.2, 0.25) is 21.8 Å². The third-order valence-corrected chi connectivity index (χ3v) is 6.53. The highest BCUT2D eigenvalue weighted by Gasteiger charge is 2.24. The van der Waals surface area contributed by atoms with Crippen molar-refractivity contribution in [2.24, 2.45) is 0 Å². The average Bonchev–Trinajstić information content (AvgIpc) is 2.97. The molecular weight excluding hydrogens is 378 g/mol. The van der Waals surface area contributed by atoms with Gasteiger partial charge in [0.1, 0.15) is 6.04 Å². The molecule has 1 aliphatic rings. The zero-order chi connectivity index (χ0) is 20.6. The molecule has 154 valence electrons. The number of sulfonamides is 1. The lowest BCUT2D eigenvalue weighted by atomic mass is 10.2. The lowest BCUT2D eigenvalue weighted by Gasteiger charge is -2.19. The van der Waals surface area contributed by atoms with E-state index in [1.54, 1.807) is 41.6 Å². The Labute approximate surface area is 167 Å². The second-order valence-electron chi connectivity index (χ2n) is 6.85. The summed E-state index contributed by atoms with van der Waals surface area (Å²) in [5, 5.41) is 5.22. The fraction of sp³-hybridized carbons (Fsp3) is 0.500. The molecule has 1 aromatic carbocycles. The summed E-state index contributed by atoms with van der Waals surface area (Å²) in [6.45, 7) is 5.05. The third kappa shape index (κ3) is 6.17. The zero-order valence-electron chi connectivity index (χ0n) is 16.5. The molecule has 2 N–H and O–H groups in total. The monoisotopic (exact) mass is 407 g/mol. The number of carbonyl (C=O) groups excluding carboxylic acids is 2. The summed E-state index contributed by atoms with van der Waals surface area (Å²) in [6, 6.07) is 5.84. The molecule has 2 amide bonds. The molecule has 0 radical (unpaired) electrons. The first kappa shape index (κ1) is 22.1. The second-order valence-corrected chi connectivity index (χ2v) is 8.78. The fourth-order valence-corrected chi connectivity index (χ4v) is 4.53. The Kier molecular flexibility index (Phi) is 8.19. The van der Waals surface area contributed by atoms with Crippen molar-refractivity contribution >= 4 is 27.9 Å². The first-order valence-electron chi connectivity index (χ1n) is 9.71. The van der Waals surface area contributed by atoms with Crippen molar-refractivity contribution in [1.29, 1.82) is 0 Å². The minimum atomic E-state index is -3.48. The van der Waals surface area contributed by atoms with E-state index in [9.17, 15) is 18.0 Å². The smallest absolute Gasteiger partial charge is 0.244 e. The lowest BCUT2D eigenvalue weighted by Crippen LogP contribution is -2.44. The van der Waals surface area contributed by atoms with Crippen LogP contribution >= 0.6 is 0 Å². The van der Waals surface area contributed by atoms with Crippen molar-refractivity contribution in [2.75, 3.05) is 19.6 Å². The minimum Gasteiger partial charge on any atom is -0.355 e. The van der Waals surface area contributed by atoms with Crippen LogP contribution in [0.4, 0.5) is 0 Å². The van der Waals surface area contributed by atoms with Crippen LogP contribution in [0.2, 0.25) is 0 Å². The molecule has 1 aromatic rings. The van der Waals surface area contributed by atoms with Crippen LogP contribution in [-0.4, -0.2) is 50.2 Å². The van der Waals surface area contributed by atoms with Crippen molar-refractivity contribution in [1.82, 2.24) is 14.9 Å². The van der Waals surface area contributed by atoms with Crippen LogP contribution in [-0.2, 0) is 19.6 Å². The molecule has 1 saturated heterocycles. The molecule has 1 fully saturated rings. The first-order valence-corrected chi connectivity index (χ1v) is 11.1. The maximum absolute atomic E-state index is 12.8. The average molecular weight is 408 g/mol. The van der Waals surface area contributed by atoms with Crippen molar-refractivity contribution in [3.8, 4) is 0 Å². The fourth-order valence-electron chi connectivity index (χ4n) is 3.01. The number of nitrogens with one attached hydrogen (secondary N) is 2. The van der Waals surface area contributed by atoms with E-state index in [2.05, 4.69) is 10.6 Å². The molecule has 0 aromatic heterocycles. The van der Waals surface area contributed by atoms with Crippen LogP contribution < -0.4 is 10.6 Å². The molecule has 0 bridgehead atoms. The van der Waals surface area contributed by atoms with Crippen LogP contribution in [0, 0.1) is 0 Å². The molecule has 1 heterocycles. The van der Waals surface area contributed by atoms with E-state index in [1.807, 2.05) is 6.92 Å². The van der Waals surface area contributed by atoms with Gasteiger partial charge in [-0.05, 0) is 50.5 Å². The number of amides is 2. The van der Waals surface area contributed by atoms with Crippen LogP contribution in [0.15, 0.2) is 35.2 Å². The molecule has 28 heavy (non-hydrogen) atoms. The predicted octanol–water partition coefficient (Wildman–Crippen LogP) is 1.91. The van der Waals surface area contributed by atoms with Crippen molar-refractivity contribution in [3.63, 3.8) is 0 Å². The zero-order valence-corrected chi connectivity index (χ0v) is 17.3. The van der Waals surface area contributed by atoms with E-state index in [0.29, 0.717) is 25.2 Å². The topological polar surface area (TPSA) is 95.6 Å². The van der Waals surface area contributed by atoms with Crippen molar-refractivity contribution < 1.29 is 18.0 Å². The van der Waals surface area contributed by atoms with Gasteiger partial charge in [-0.1, -0.05) is 25.0 Å². The number of carbonyl (C=O) groups is 2. The van der Waals surface area contributed by atoms with Crippen LogP contribution in [0.1, 0.15) is 45.1 Å². The summed E-state index contributed by atoms with van der Waals surface area (Å²) in [6.07, 6.45) is 6.83. The summed E-state index contributed by atoms with van der Waals surface area (Å²) in [5.41, 5.74) is 0.704. The van der Waals surface area contributed by atoms with Gasteiger partial charge in [0.15, 0.2) is 0 Å². The third-order valence-electron chi connectivity index (χ3n) is 4.61. The maximum Gasteiger partial charge on any atom is 0.244 e. The minimum absolute atomic E-state index is 0.243. The second kappa shape index (κ2) is 10.4. The van der Waals surface area contributed by atoms with Gasteiger partial charge in [-0.15, -0.1) is 0 Å². The highest BCUT2D eigenvalue weighted by molar-refractivity contribution is 7.89. The molecular formula is C20H29N3O4S. The largest absolute Gasteiger partial charge is 0.355 e. The number of hydrogen-bond acceptors (Lipinski definition) is 4. The van der Waals surface area contributed by atoms with Crippen molar-refractivity contribution in [3.05, 3.63) is 35.9 Å².